The second-order valence-electron chi connectivity index (χ2n) is 8.31. The third kappa shape index (κ3) is 3.93. The van der Waals surface area contributed by atoms with E-state index in [4.69, 9.17) is 20.5 Å². The predicted molar refractivity (Wildman–Crippen MR) is 124 cm³/mol. The summed E-state index contributed by atoms with van der Waals surface area (Å²) in [4.78, 5) is 24.4. The zero-order chi connectivity index (χ0) is 23.1. The highest BCUT2D eigenvalue weighted by Crippen LogP contribution is 2.36. The van der Waals surface area contributed by atoms with E-state index in [2.05, 4.69) is 15.1 Å². The van der Waals surface area contributed by atoms with Crippen LogP contribution in [0.25, 0.3) is 22.7 Å². The molecule has 0 bridgehead atoms. The van der Waals surface area contributed by atoms with Gasteiger partial charge in [-0.1, -0.05) is 52.7 Å². The molecule has 7 nitrogen and oxygen atoms in total. The Morgan fingerprint density at radius 2 is 1.94 bits per heavy atom. The summed E-state index contributed by atoms with van der Waals surface area (Å²) in [6.07, 6.45) is 1.57. The lowest BCUT2D eigenvalue weighted by Gasteiger charge is -2.21. The molecule has 0 spiro atoms. The van der Waals surface area contributed by atoms with Gasteiger partial charge < -0.3 is 13.8 Å². The summed E-state index contributed by atoms with van der Waals surface area (Å²) < 4.78 is 11.4. The number of carbonyl (C=O) groups excluding carboxylic acids is 1. The number of benzene rings is 2. The predicted octanol–water partition coefficient (Wildman–Crippen LogP) is 5.95. The third-order valence-electron chi connectivity index (χ3n) is 5.97. The number of hydrogen-bond acceptors (Lipinski definition) is 6. The van der Waals surface area contributed by atoms with Crippen molar-refractivity contribution in [3.05, 3.63) is 76.1 Å². The Hall–Kier alpha value is -3.45. The van der Waals surface area contributed by atoms with Crippen molar-refractivity contribution in [3.8, 4) is 22.7 Å². The van der Waals surface area contributed by atoms with Crippen LogP contribution < -0.4 is 0 Å². The Labute approximate surface area is 196 Å². The normalized spacial score (nSPS) is 15.9. The Morgan fingerprint density at radius 3 is 2.76 bits per heavy atom. The van der Waals surface area contributed by atoms with Gasteiger partial charge in [0.05, 0.1) is 0 Å². The summed E-state index contributed by atoms with van der Waals surface area (Å²) in [5, 5.41) is 4.80. The quantitative estimate of drug-likeness (QED) is 0.372. The van der Waals surface area contributed by atoms with Crippen molar-refractivity contribution in [2.45, 2.75) is 39.7 Å². The van der Waals surface area contributed by atoms with Crippen LogP contribution in [0, 0.1) is 20.8 Å². The van der Waals surface area contributed by atoms with E-state index in [1.165, 1.54) is 0 Å². The number of amides is 1. The zero-order valence-corrected chi connectivity index (χ0v) is 19.4. The molecule has 1 aliphatic rings. The largest absolute Gasteiger partial charge is 0.440 e. The highest BCUT2D eigenvalue weighted by Gasteiger charge is 2.37. The molecule has 33 heavy (non-hydrogen) atoms. The molecule has 0 saturated carbocycles. The van der Waals surface area contributed by atoms with Gasteiger partial charge in [-0.3, -0.25) is 4.79 Å². The van der Waals surface area contributed by atoms with Gasteiger partial charge >= 0.3 is 0 Å². The zero-order valence-electron chi connectivity index (χ0n) is 18.6. The smallest absolute Gasteiger partial charge is 0.277 e. The van der Waals surface area contributed by atoms with E-state index in [1.54, 1.807) is 11.8 Å². The summed E-state index contributed by atoms with van der Waals surface area (Å²) in [5.41, 5.74) is 3.89. The third-order valence-corrected chi connectivity index (χ3v) is 6.38. The molecule has 5 rings (SSSR count). The number of hydrogen-bond donors (Lipinski definition) is 0. The number of aryl methyl sites for hydroxylation is 2. The van der Waals surface area contributed by atoms with Gasteiger partial charge in [0.1, 0.15) is 6.04 Å². The van der Waals surface area contributed by atoms with Gasteiger partial charge in [-0.15, -0.1) is 0 Å². The van der Waals surface area contributed by atoms with Gasteiger partial charge in [0, 0.05) is 29.6 Å². The summed E-state index contributed by atoms with van der Waals surface area (Å²) in [6.45, 7) is 6.24. The number of rotatable bonds is 4. The molecule has 1 unspecified atom stereocenters. The van der Waals surface area contributed by atoms with Crippen LogP contribution in [0.1, 0.15) is 52.3 Å². The highest BCUT2D eigenvalue weighted by atomic mass is 35.5. The van der Waals surface area contributed by atoms with Crippen molar-refractivity contribution in [3.63, 3.8) is 0 Å². The fraction of sp³-hybridized carbons (Fsp3) is 0.280. The number of oxazole rings is 1. The lowest BCUT2D eigenvalue weighted by atomic mass is 10.1. The van der Waals surface area contributed by atoms with Gasteiger partial charge in [0.15, 0.2) is 17.3 Å². The van der Waals surface area contributed by atoms with Crippen LogP contribution >= 0.6 is 11.6 Å². The first-order valence-corrected chi connectivity index (χ1v) is 11.2. The molecule has 0 aliphatic carbocycles. The molecule has 168 valence electrons. The van der Waals surface area contributed by atoms with E-state index in [1.807, 2.05) is 56.3 Å². The van der Waals surface area contributed by atoms with Crippen molar-refractivity contribution >= 4 is 17.5 Å². The van der Waals surface area contributed by atoms with Crippen molar-refractivity contribution in [1.82, 2.24) is 20.0 Å². The van der Waals surface area contributed by atoms with Crippen molar-refractivity contribution in [2.24, 2.45) is 0 Å². The summed E-state index contributed by atoms with van der Waals surface area (Å²) in [5.74, 6) is 1.59. The molecular formula is C25H23ClN4O3. The number of carbonyl (C=O) groups is 1. The summed E-state index contributed by atoms with van der Waals surface area (Å²) in [6, 6.07) is 13.1. The van der Waals surface area contributed by atoms with Gasteiger partial charge in [0.25, 0.3) is 5.91 Å². The van der Waals surface area contributed by atoms with Gasteiger partial charge in [-0.25, -0.2) is 4.98 Å². The van der Waals surface area contributed by atoms with Crippen LogP contribution in [-0.2, 0) is 0 Å². The van der Waals surface area contributed by atoms with E-state index >= 15 is 0 Å². The minimum absolute atomic E-state index is 0.204. The molecule has 1 saturated heterocycles. The topological polar surface area (TPSA) is 85.3 Å². The molecule has 0 radical (unpaired) electrons. The van der Waals surface area contributed by atoms with Crippen molar-refractivity contribution in [2.75, 3.05) is 6.54 Å². The van der Waals surface area contributed by atoms with Crippen LogP contribution in [-0.4, -0.2) is 32.5 Å². The lowest BCUT2D eigenvalue weighted by molar-refractivity contribution is 0.0705. The maximum Gasteiger partial charge on any atom is 0.277 e. The maximum absolute atomic E-state index is 13.6. The first kappa shape index (κ1) is 21.4. The van der Waals surface area contributed by atoms with Gasteiger partial charge in [-0.05, 0) is 44.4 Å². The molecule has 3 heterocycles. The molecule has 0 N–H and O–H groups in total. The molecule has 4 aromatic rings. The molecule has 1 aliphatic heterocycles. The number of halogens is 1. The highest BCUT2D eigenvalue weighted by molar-refractivity contribution is 6.31. The second kappa shape index (κ2) is 8.48. The van der Waals surface area contributed by atoms with Crippen LogP contribution in [0.15, 0.2) is 51.4 Å². The Bertz CT molecular complexity index is 1340. The van der Waals surface area contributed by atoms with E-state index in [0.717, 1.165) is 35.1 Å². The van der Waals surface area contributed by atoms with E-state index in [-0.39, 0.29) is 11.9 Å². The fourth-order valence-corrected chi connectivity index (χ4v) is 4.46. The van der Waals surface area contributed by atoms with Crippen LogP contribution in [0.4, 0.5) is 0 Å². The monoisotopic (exact) mass is 462 g/mol. The molecule has 2 aromatic heterocycles. The number of aromatic nitrogens is 3. The SMILES string of the molecule is Cc1cccc(-c2oc(C)nc2C(=O)N2CCCC2c2nc(-c3cccc(Cl)c3C)no2)c1. The summed E-state index contributed by atoms with van der Waals surface area (Å²) >= 11 is 6.25. The molecular weight excluding hydrogens is 440 g/mol. The lowest BCUT2D eigenvalue weighted by Crippen LogP contribution is -2.31. The Balaban J connectivity index is 1.47. The maximum atomic E-state index is 13.6. The first-order valence-electron chi connectivity index (χ1n) is 10.9. The average molecular weight is 463 g/mol. The van der Waals surface area contributed by atoms with Gasteiger partial charge in [0.2, 0.25) is 11.7 Å². The van der Waals surface area contributed by atoms with Crippen LogP contribution in [0.5, 0.6) is 0 Å². The molecule has 2 aromatic carbocycles. The van der Waals surface area contributed by atoms with Crippen molar-refractivity contribution < 1.29 is 13.7 Å². The number of nitrogens with zero attached hydrogens (tertiary/aromatic N) is 4. The summed E-state index contributed by atoms with van der Waals surface area (Å²) in [7, 11) is 0. The Morgan fingerprint density at radius 1 is 1.12 bits per heavy atom. The Kier molecular flexibility index (Phi) is 5.50. The second-order valence-corrected chi connectivity index (χ2v) is 8.71. The minimum Gasteiger partial charge on any atom is -0.440 e. The standard InChI is InChI=1S/C25H23ClN4O3/c1-14-7-4-8-17(13-14)22-21(27-16(3)32-22)25(31)30-12-6-11-20(30)24-28-23(29-33-24)18-9-5-10-19(26)15(18)2/h4-5,7-10,13,20H,6,11-12H2,1-3H3. The molecule has 1 amide bonds. The average Bonchev–Trinajstić information content (AvgIpc) is 3.54. The first-order chi connectivity index (χ1) is 15.9. The molecule has 1 fully saturated rings. The molecule has 1 atom stereocenters. The number of likely N-dealkylation sites (tertiary alicyclic amines) is 1. The van der Waals surface area contributed by atoms with Crippen LogP contribution in [0.2, 0.25) is 5.02 Å². The fourth-order valence-electron chi connectivity index (χ4n) is 4.29. The van der Waals surface area contributed by atoms with Gasteiger partial charge in [-0.2, -0.15) is 4.98 Å². The van der Waals surface area contributed by atoms with Crippen LogP contribution in [0.3, 0.4) is 0 Å². The van der Waals surface area contributed by atoms with Crippen molar-refractivity contribution in [1.29, 1.82) is 0 Å². The van der Waals surface area contributed by atoms with E-state index < -0.39 is 0 Å². The molecule has 8 heteroatoms. The van der Waals surface area contributed by atoms with E-state index in [0.29, 0.717) is 40.6 Å². The van der Waals surface area contributed by atoms with E-state index in [9.17, 15) is 4.79 Å². The minimum atomic E-state index is -0.319.